The molecule has 2 aromatic carbocycles. The van der Waals surface area contributed by atoms with Gasteiger partial charge in [0.2, 0.25) is 0 Å². The van der Waals surface area contributed by atoms with E-state index in [4.69, 9.17) is 0 Å². The molecule has 2 N–H and O–H groups in total. The first-order valence-corrected chi connectivity index (χ1v) is 7.86. The lowest BCUT2D eigenvalue weighted by Crippen LogP contribution is -2.19. The van der Waals surface area contributed by atoms with Crippen LogP contribution in [0.4, 0.5) is 11.4 Å². The average molecular weight is 280 g/mol. The monoisotopic (exact) mass is 280 g/mol. The van der Waals surface area contributed by atoms with Crippen molar-refractivity contribution in [3.8, 4) is 0 Å². The van der Waals surface area contributed by atoms with Crippen LogP contribution in [-0.4, -0.2) is 13.6 Å². The van der Waals surface area contributed by atoms with Gasteiger partial charge in [-0.15, -0.1) is 0 Å². The molecule has 2 unspecified atom stereocenters. The second-order valence-electron chi connectivity index (χ2n) is 6.17. The molecule has 2 nitrogen and oxygen atoms in total. The van der Waals surface area contributed by atoms with Gasteiger partial charge >= 0.3 is 0 Å². The Morgan fingerprint density at radius 3 is 2.62 bits per heavy atom. The molecule has 1 aliphatic heterocycles. The summed E-state index contributed by atoms with van der Waals surface area (Å²) < 4.78 is 0. The van der Waals surface area contributed by atoms with Crippen molar-refractivity contribution >= 4 is 11.4 Å². The highest BCUT2D eigenvalue weighted by atomic mass is 14.9. The summed E-state index contributed by atoms with van der Waals surface area (Å²) in [5.41, 5.74) is 5.41. The quantitative estimate of drug-likeness (QED) is 0.871. The Labute approximate surface area is 127 Å². The zero-order valence-electron chi connectivity index (χ0n) is 12.9. The molecular formula is C19H24N2. The molecule has 0 saturated carbocycles. The normalized spacial score (nSPS) is 18.1. The van der Waals surface area contributed by atoms with E-state index in [0.29, 0.717) is 11.8 Å². The van der Waals surface area contributed by atoms with E-state index in [1.54, 1.807) is 0 Å². The molecule has 0 amide bonds. The van der Waals surface area contributed by atoms with Crippen LogP contribution in [0.25, 0.3) is 0 Å². The molecule has 2 aromatic rings. The Balaban J connectivity index is 1.95. The zero-order chi connectivity index (χ0) is 14.7. The third kappa shape index (κ3) is 3.11. The van der Waals surface area contributed by atoms with E-state index in [9.17, 15) is 0 Å². The summed E-state index contributed by atoms with van der Waals surface area (Å²) in [6, 6.07) is 17.5. The predicted molar refractivity (Wildman–Crippen MR) is 90.3 cm³/mol. The van der Waals surface area contributed by atoms with Crippen molar-refractivity contribution < 1.29 is 0 Å². The van der Waals surface area contributed by atoms with Crippen LogP contribution in [0, 0.1) is 5.92 Å². The van der Waals surface area contributed by atoms with Gasteiger partial charge in [-0.2, -0.15) is 0 Å². The highest BCUT2D eigenvalue weighted by Gasteiger charge is 2.22. The Morgan fingerprint density at radius 1 is 1.10 bits per heavy atom. The summed E-state index contributed by atoms with van der Waals surface area (Å²) in [7, 11) is 2.04. The van der Waals surface area contributed by atoms with Gasteiger partial charge in [-0.25, -0.2) is 0 Å². The second kappa shape index (κ2) is 6.31. The second-order valence-corrected chi connectivity index (χ2v) is 6.17. The van der Waals surface area contributed by atoms with Crippen LogP contribution < -0.4 is 10.6 Å². The molecular weight excluding hydrogens is 256 g/mol. The van der Waals surface area contributed by atoms with Crippen molar-refractivity contribution in [2.24, 2.45) is 5.92 Å². The van der Waals surface area contributed by atoms with Crippen molar-refractivity contribution in [2.45, 2.75) is 25.7 Å². The summed E-state index contributed by atoms with van der Waals surface area (Å²) in [5, 5.41) is 6.92. The third-order valence-electron chi connectivity index (χ3n) is 4.39. The largest absolute Gasteiger partial charge is 0.355 e. The number of anilines is 2. The molecule has 110 valence electrons. The fraction of sp³-hybridized carbons (Fsp3) is 0.368. The van der Waals surface area contributed by atoms with Gasteiger partial charge in [-0.05, 0) is 61.5 Å². The Bertz CT molecular complexity index is 606. The van der Waals surface area contributed by atoms with Crippen LogP contribution in [0.3, 0.4) is 0 Å². The molecule has 1 heterocycles. The first kappa shape index (κ1) is 14.2. The van der Waals surface area contributed by atoms with E-state index >= 15 is 0 Å². The number of nitrogens with one attached hydrogen (secondary N) is 2. The number of hydrogen-bond acceptors (Lipinski definition) is 2. The molecule has 0 bridgehead atoms. The lowest BCUT2D eigenvalue weighted by atomic mass is 9.85. The molecule has 1 aliphatic rings. The van der Waals surface area contributed by atoms with Crippen LogP contribution in [0.2, 0.25) is 0 Å². The fourth-order valence-electron chi connectivity index (χ4n) is 3.44. The minimum atomic E-state index is 0.584. The highest BCUT2D eigenvalue weighted by Crippen LogP contribution is 2.39. The minimum Gasteiger partial charge on any atom is -0.355 e. The number of hydrogen-bond donors (Lipinski definition) is 2. The van der Waals surface area contributed by atoms with Crippen LogP contribution in [0.5, 0.6) is 0 Å². The number of para-hydroxylation sites is 2. The molecule has 0 fully saturated rings. The summed E-state index contributed by atoms with van der Waals surface area (Å²) in [6.07, 6.45) is 2.34. The molecule has 21 heavy (non-hydrogen) atoms. The van der Waals surface area contributed by atoms with E-state index in [1.807, 2.05) is 7.05 Å². The Kier molecular flexibility index (Phi) is 4.26. The molecule has 3 rings (SSSR count). The Morgan fingerprint density at radius 2 is 1.81 bits per heavy atom. The first-order valence-electron chi connectivity index (χ1n) is 7.86. The molecule has 2 heteroatoms. The smallest absolute Gasteiger partial charge is 0.0419 e. The van der Waals surface area contributed by atoms with Crippen molar-refractivity contribution in [1.82, 2.24) is 5.32 Å². The predicted octanol–water partition coefficient (Wildman–Crippen LogP) is 4.32. The summed E-state index contributed by atoms with van der Waals surface area (Å²) in [6.45, 7) is 3.41. The maximum atomic E-state index is 3.62. The first-order chi connectivity index (χ1) is 10.3. The summed E-state index contributed by atoms with van der Waals surface area (Å²) in [5.74, 6) is 1.26. The summed E-state index contributed by atoms with van der Waals surface area (Å²) >= 11 is 0. The molecule has 2 atom stereocenters. The third-order valence-corrected chi connectivity index (χ3v) is 4.39. The van der Waals surface area contributed by atoms with Gasteiger partial charge in [0.1, 0.15) is 0 Å². The number of fused-ring (bicyclic) bond motifs is 2. The van der Waals surface area contributed by atoms with E-state index in [2.05, 4.69) is 66.1 Å². The van der Waals surface area contributed by atoms with Crippen LogP contribution >= 0.6 is 0 Å². The van der Waals surface area contributed by atoms with Crippen LogP contribution in [0.15, 0.2) is 48.5 Å². The Hall–Kier alpha value is -1.80. The number of rotatable bonds is 4. The molecule has 0 radical (unpaired) electrons. The topological polar surface area (TPSA) is 24.1 Å². The average Bonchev–Trinajstić information content (AvgIpc) is 2.64. The van der Waals surface area contributed by atoms with Crippen molar-refractivity contribution in [2.75, 3.05) is 18.9 Å². The van der Waals surface area contributed by atoms with Gasteiger partial charge in [0, 0.05) is 11.4 Å². The van der Waals surface area contributed by atoms with Gasteiger partial charge < -0.3 is 10.6 Å². The highest BCUT2D eigenvalue weighted by molar-refractivity contribution is 5.69. The standard InChI is InChI=1S/C19H24N2/c1-14(13-20-2)11-16-12-15-7-3-5-9-18(15)21-19-10-6-4-8-17(16)19/h3-10,14,16,20-21H,11-13H2,1-2H3. The van der Waals surface area contributed by atoms with Crippen LogP contribution in [-0.2, 0) is 6.42 Å². The lowest BCUT2D eigenvalue weighted by Gasteiger charge is -2.21. The number of benzene rings is 2. The lowest BCUT2D eigenvalue weighted by molar-refractivity contribution is 0.449. The van der Waals surface area contributed by atoms with Gasteiger partial charge in [-0.3, -0.25) is 0 Å². The maximum absolute atomic E-state index is 3.62. The van der Waals surface area contributed by atoms with E-state index < -0.39 is 0 Å². The van der Waals surface area contributed by atoms with E-state index in [1.165, 1.54) is 28.9 Å². The molecule has 0 saturated heterocycles. The van der Waals surface area contributed by atoms with Crippen LogP contribution in [0.1, 0.15) is 30.4 Å². The zero-order valence-corrected chi connectivity index (χ0v) is 12.9. The van der Waals surface area contributed by atoms with Gasteiger partial charge in [0.05, 0.1) is 0 Å². The molecule has 0 spiro atoms. The molecule has 0 aromatic heterocycles. The SMILES string of the molecule is CNCC(C)CC1Cc2ccccc2Nc2ccccc21. The molecule has 0 aliphatic carbocycles. The van der Waals surface area contributed by atoms with Crippen molar-refractivity contribution in [3.63, 3.8) is 0 Å². The van der Waals surface area contributed by atoms with E-state index in [-0.39, 0.29) is 0 Å². The maximum Gasteiger partial charge on any atom is 0.0419 e. The van der Waals surface area contributed by atoms with Crippen molar-refractivity contribution in [1.29, 1.82) is 0 Å². The van der Waals surface area contributed by atoms with Gasteiger partial charge in [-0.1, -0.05) is 43.3 Å². The van der Waals surface area contributed by atoms with Gasteiger partial charge in [0.15, 0.2) is 0 Å². The minimum absolute atomic E-state index is 0.584. The fourth-order valence-corrected chi connectivity index (χ4v) is 3.44. The van der Waals surface area contributed by atoms with Crippen molar-refractivity contribution in [3.05, 3.63) is 59.7 Å². The van der Waals surface area contributed by atoms with Gasteiger partial charge in [0.25, 0.3) is 0 Å². The summed E-state index contributed by atoms with van der Waals surface area (Å²) in [4.78, 5) is 0. The van der Waals surface area contributed by atoms with E-state index in [0.717, 1.165) is 13.0 Å².